The van der Waals surface area contributed by atoms with Crippen molar-refractivity contribution < 1.29 is 9.90 Å². The summed E-state index contributed by atoms with van der Waals surface area (Å²) in [5, 5.41) is 13.1. The Hall–Kier alpha value is -0.710. The zero-order valence-corrected chi connectivity index (χ0v) is 11.5. The van der Waals surface area contributed by atoms with E-state index in [1.807, 2.05) is 13.8 Å². The van der Waals surface area contributed by atoms with Crippen LogP contribution in [0.3, 0.4) is 0 Å². The first kappa shape index (κ1) is 14.4. The molecule has 1 rings (SSSR count). The van der Waals surface area contributed by atoms with Gasteiger partial charge in [-0.05, 0) is 18.9 Å². The predicted octanol–water partition coefficient (Wildman–Crippen LogP) is 2.46. The van der Waals surface area contributed by atoms with E-state index < -0.39 is 5.60 Å². The van der Waals surface area contributed by atoms with E-state index in [1.165, 1.54) is 6.07 Å². The number of H-pyrrole nitrogens is 1. The van der Waals surface area contributed by atoms with E-state index in [2.05, 4.69) is 10.3 Å². The second kappa shape index (κ2) is 5.29. The van der Waals surface area contributed by atoms with Crippen molar-refractivity contribution >= 4 is 29.1 Å². The van der Waals surface area contributed by atoms with Crippen LogP contribution in [-0.2, 0) is 0 Å². The minimum absolute atomic E-state index is 0.0404. The van der Waals surface area contributed by atoms with Crippen LogP contribution in [0.1, 0.15) is 31.3 Å². The van der Waals surface area contributed by atoms with Gasteiger partial charge in [-0.2, -0.15) is 0 Å². The van der Waals surface area contributed by atoms with Crippen LogP contribution in [0.2, 0.25) is 10.2 Å². The number of hydrogen-bond acceptors (Lipinski definition) is 2. The molecule has 0 saturated carbocycles. The molecule has 1 amide bonds. The Labute approximate surface area is 110 Å². The van der Waals surface area contributed by atoms with Crippen LogP contribution in [0, 0.1) is 5.92 Å². The van der Waals surface area contributed by atoms with Gasteiger partial charge in [-0.1, -0.05) is 37.0 Å². The van der Waals surface area contributed by atoms with Gasteiger partial charge in [0.25, 0.3) is 5.91 Å². The van der Waals surface area contributed by atoms with Crippen molar-refractivity contribution in [3.63, 3.8) is 0 Å². The number of halogens is 2. The summed E-state index contributed by atoms with van der Waals surface area (Å²) >= 11 is 11.4. The molecule has 0 aliphatic rings. The number of nitrogens with one attached hydrogen (secondary N) is 2. The van der Waals surface area contributed by atoms with Crippen LogP contribution >= 0.6 is 23.2 Å². The molecule has 0 spiro atoms. The molecule has 4 nitrogen and oxygen atoms in total. The molecule has 0 radical (unpaired) electrons. The summed E-state index contributed by atoms with van der Waals surface area (Å²) in [5.41, 5.74) is -0.671. The second-order valence-corrected chi connectivity index (χ2v) is 5.32. The standard InChI is InChI=1S/C11H16Cl2N2O2/c1-6(2)11(3,17)5-14-10(16)8-4-7(12)9(13)15-8/h4,6,15,17H,5H2,1-3H3,(H,14,16). The Bertz CT molecular complexity index is 394. The molecule has 3 N–H and O–H groups in total. The average molecular weight is 279 g/mol. The van der Waals surface area contributed by atoms with Gasteiger partial charge in [0.1, 0.15) is 10.8 Å². The molecule has 0 aromatic carbocycles. The smallest absolute Gasteiger partial charge is 0.267 e. The maximum absolute atomic E-state index is 11.7. The van der Waals surface area contributed by atoms with Crippen molar-refractivity contribution in [3.8, 4) is 0 Å². The monoisotopic (exact) mass is 278 g/mol. The number of aromatic amines is 1. The Morgan fingerprint density at radius 1 is 1.59 bits per heavy atom. The quantitative estimate of drug-likeness (QED) is 0.792. The molecule has 0 aliphatic carbocycles. The maximum atomic E-state index is 11.7. The highest BCUT2D eigenvalue weighted by molar-refractivity contribution is 6.41. The third kappa shape index (κ3) is 3.63. The molecule has 17 heavy (non-hydrogen) atoms. The van der Waals surface area contributed by atoms with Crippen LogP contribution in [-0.4, -0.2) is 28.1 Å². The van der Waals surface area contributed by atoms with Gasteiger partial charge in [0, 0.05) is 6.54 Å². The molecule has 0 fully saturated rings. The molecule has 6 heteroatoms. The van der Waals surface area contributed by atoms with E-state index in [4.69, 9.17) is 23.2 Å². The summed E-state index contributed by atoms with van der Waals surface area (Å²) in [6, 6.07) is 1.45. The highest BCUT2D eigenvalue weighted by atomic mass is 35.5. The van der Waals surface area contributed by atoms with Crippen LogP contribution in [0.25, 0.3) is 0 Å². The summed E-state index contributed by atoms with van der Waals surface area (Å²) in [6.45, 7) is 5.60. The number of carbonyl (C=O) groups excluding carboxylic acids is 1. The van der Waals surface area contributed by atoms with Crippen LogP contribution in [0.15, 0.2) is 6.07 Å². The third-order valence-corrected chi connectivity index (χ3v) is 3.51. The van der Waals surface area contributed by atoms with Gasteiger partial charge >= 0.3 is 0 Å². The molecular formula is C11H16Cl2N2O2. The highest BCUT2D eigenvalue weighted by Crippen LogP contribution is 2.22. The van der Waals surface area contributed by atoms with Crippen molar-refractivity contribution in [2.75, 3.05) is 6.54 Å². The molecule has 1 heterocycles. The number of aromatic nitrogens is 1. The lowest BCUT2D eigenvalue weighted by atomic mass is 9.92. The van der Waals surface area contributed by atoms with E-state index in [-0.39, 0.29) is 29.2 Å². The summed E-state index contributed by atoms with van der Waals surface area (Å²) in [4.78, 5) is 14.4. The van der Waals surface area contributed by atoms with E-state index in [1.54, 1.807) is 6.92 Å². The predicted molar refractivity (Wildman–Crippen MR) is 68.6 cm³/mol. The summed E-state index contributed by atoms with van der Waals surface area (Å²) in [7, 11) is 0. The van der Waals surface area contributed by atoms with Crippen LogP contribution < -0.4 is 5.32 Å². The molecule has 0 aliphatic heterocycles. The number of rotatable bonds is 4. The Balaban J connectivity index is 2.62. The second-order valence-electron chi connectivity index (χ2n) is 4.54. The van der Waals surface area contributed by atoms with Crippen molar-refractivity contribution in [1.82, 2.24) is 10.3 Å². The van der Waals surface area contributed by atoms with E-state index in [0.29, 0.717) is 5.02 Å². The molecule has 1 unspecified atom stereocenters. The topological polar surface area (TPSA) is 65.1 Å². The molecule has 1 atom stereocenters. The van der Waals surface area contributed by atoms with Crippen molar-refractivity contribution in [3.05, 3.63) is 21.9 Å². The lowest BCUT2D eigenvalue weighted by molar-refractivity contribution is 0.0142. The van der Waals surface area contributed by atoms with Gasteiger partial charge in [0.2, 0.25) is 0 Å². The first-order valence-electron chi connectivity index (χ1n) is 5.28. The van der Waals surface area contributed by atoms with Crippen LogP contribution in [0.5, 0.6) is 0 Å². The van der Waals surface area contributed by atoms with Gasteiger partial charge in [-0.25, -0.2) is 0 Å². The van der Waals surface area contributed by atoms with Gasteiger partial charge in [-0.15, -0.1) is 0 Å². The summed E-state index contributed by atoms with van der Waals surface area (Å²) in [5.74, 6) is -0.307. The first-order valence-corrected chi connectivity index (χ1v) is 6.04. The molecule has 0 bridgehead atoms. The third-order valence-electron chi connectivity index (χ3n) is 2.82. The van der Waals surface area contributed by atoms with Crippen molar-refractivity contribution in [2.24, 2.45) is 5.92 Å². The summed E-state index contributed by atoms with van der Waals surface area (Å²) in [6.07, 6.45) is 0. The van der Waals surface area contributed by atoms with E-state index in [0.717, 1.165) is 0 Å². The zero-order valence-electron chi connectivity index (χ0n) is 9.97. The number of carbonyl (C=O) groups is 1. The van der Waals surface area contributed by atoms with E-state index in [9.17, 15) is 9.90 Å². The number of amides is 1. The number of hydrogen-bond donors (Lipinski definition) is 3. The molecule has 1 aromatic heterocycles. The largest absolute Gasteiger partial charge is 0.388 e. The van der Waals surface area contributed by atoms with Gasteiger partial charge in [0.05, 0.1) is 10.6 Å². The van der Waals surface area contributed by atoms with Gasteiger partial charge < -0.3 is 15.4 Å². The van der Waals surface area contributed by atoms with Gasteiger partial charge in [-0.3, -0.25) is 4.79 Å². The fourth-order valence-electron chi connectivity index (χ4n) is 1.08. The van der Waals surface area contributed by atoms with Crippen molar-refractivity contribution in [1.29, 1.82) is 0 Å². The van der Waals surface area contributed by atoms with Crippen molar-refractivity contribution in [2.45, 2.75) is 26.4 Å². The fraction of sp³-hybridized carbons (Fsp3) is 0.545. The van der Waals surface area contributed by atoms with Crippen LogP contribution in [0.4, 0.5) is 0 Å². The molecule has 96 valence electrons. The lowest BCUT2D eigenvalue weighted by Crippen LogP contribution is -2.44. The van der Waals surface area contributed by atoms with Gasteiger partial charge in [0.15, 0.2) is 0 Å². The SMILES string of the molecule is CC(C)C(C)(O)CNC(=O)c1cc(Cl)c(Cl)[nH]1. The Morgan fingerprint density at radius 3 is 2.59 bits per heavy atom. The Kier molecular flexibility index (Phi) is 4.47. The fourth-order valence-corrected chi connectivity index (χ4v) is 1.40. The minimum Gasteiger partial charge on any atom is -0.388 e. The molecular weight excluding hydrogens is 263 g/mol. The normalized spacial score (nSPS) is 14.8. The van der Waals surface area contributed by atoms with E-state index >= 15 is 0 Å². The maximum Gasteiger partial charge on any atom is 0.267 e. The average Bonchev–Trinajstić information content (AvgIpc) is 2.56. The molecule has 0 saturated heterocycles. The number of aliphatic hydroxyl groups is 1. The first-order chi connectivity index (χ1) is 7.74. The Morgan fingerprint density at radius 2 is 2.18 bits per heavy atom. The minimum atomic E-state index is -0.949. The highest BCUT2D eigenvalue weighted by Gasteiger charge is 2.25. The zero-order chi connectivity index (χ0) is 13.2. The molecule has 1 aromatic rings. The lowest BCUT2D eigenvalue weighted by Gasteiger charge is -2.27. The summed E-state index contributed by atoms with van der Waals surface area (Å²) < 4.78 is 0.